The summed E-state index contributed by atoms with van der Waals surface area (Å²) in [6.45, 7) is 5.00. The summed E-state index contributed by atoms with van der Waals surface area (Å²) in [6, 6.07) is 12.6. The number of hydrogen-bond donors (Lipinski definition) is 1. The Kier molecular flexibility index (Phi) is 6.60. The van der Waals surface area contributed by atoms with Crippen molar-refractivity contribution >= 4 is 17.6 Å². The molecule has 0 heterocycles. The van der Waals surface area contributed by atoms with Gasteiger partial charge in [0.05, 0.1) is 7.11 Å². The number of esters is 1. The molecule has 0 aromatic heterocycles. The Labute approximate surface area is 153 Å². The van der Waals surface area contributed by atoms with Crippen molar-refractivity contribution < 1.29 is 23.8 Å². The van der Waals surface area contributed by atoms with E-state index in [9.17, 15) is 9.59 Å². The van der Waals surface area contributed by atoms with Crippen LogP contribution >= 0.6 is 0 Å². The number of hydrogen-bond acceptors (Lipinski definition) is 5. The lowest BCUT2D eigenvalue weighted by atomic mass is 10.1. The molecular formula is C20H23NO5. The van der Waals surface area contributed by atoms with E-state index in [1.54, 1.807) is 38.3 Å². The molecule has 6 heteroatoms. The number of benzene rings is 2. The second-order valence-corrected chi connectivity index (χ2v) is 5.86. The zero-order chi connectivity index (χ0) is 19.1. The van der Waals surface area contributed by atoms with Gasteiger partial charge in [-0.3, -0.25) is 4.79 Å². The number of aryl methyl sites for hydroxylation is 2. The molecule has 138 valence electrons. The molecule has 1 unspecified atom stereocenters. The highest BCUT2D eigenvalue weighted by Crippen LogP contribution is 2.20. The molecule has 0 aliphatic carbocycles. The number of ether oxygens (including phenoxy) is 3. The van der Waals surface area contributed by atoms with Crippen LogP contribution in [-0.2, 0) is 14.3 Å². The molecular weight excluding hydrogens is 334 g/mol. The average Bonchev–Trinajstić information content (AvgIpc) is 2.63. The largest absolute Gasteiger partial charge is 0.497 e. The van der Waals surface area contributed by atoms with E-state index in [0.717, 1.165) is 16.8 Å². The molecule has 2 aromatic rings. The first-order valence-electron chi connectivity index (χ1n) is 8.24. The Bertz CT molecular complexity index is 750. The van der Waals surface area contributed by atoms with E-state index in [1.807, 2.05) is 32.0 Å². The van der Waals surface area contributed by atoms with Gasteiger partial charge in [0, 0.05) is 5.69 Å². The van der Waals surface area contributed by atoms with Crippen molar-refractivity contribution in [3.63, 3.8) is 0 Å². The first kappa shape index (κ1) is 19.3. The maximum atomic E-state index is 12.0. The van der Waals surface area contributed by atoms with Gasteiger partial charge in [-0.1, -0.05) is 18.2 Å². The van der Waals surface area contributed by atoms with Crippen molar-refractivity contribution in [2.45, 2.75) is 26.9 Å². The first-order chi connectivity index (χ1) is 12.4. The third-order valence-corrected chi connectivity index (χ3v) is 3.80. The van der Waals surface area contributed by atoms with Gasteiger partial charge in [-0.15, -0.1) is 0 Å². The molecule has 0 aliphatic heterocycles. The topological polar surface area (TPSA) is 73.9 Å². The maximum absolute atomic E-state index is 12.0. The fourth-order valence-electron chi connectivity index (χ4n) is 2.35. The molecule has 1 atom stereocenters. The molecule has 1 N–H and O–H groups in total. The predicted octanol–water partition coefficient (Wildman–Crippen LogP) is 3.26. The van der Waals surface area contributed by atoms with E-state index in [1.165, 1.54) is 0 Å². The van der Waals surface area contributed by atoms with Crippen LogP contribution in [0.3, 0.4) is 0 Å². The van der Waals surface area contributed by atoms with Crippen LogP contribution in [0.25, 0.3) is 0 Å². The van der Waals surface area contributed by atoms with Crippen LogP contribution in [0.2, 0.25) is 0 Å². The van der Waals surface area contributed by atoms with Crippen LogP contribution in [-0.4, -0.2) is 31.7 Å². The van der Waals surface area contributed by atoms with E-state index in [0.29, 0.717) is 11.5 Å². The lowest BCUT2D eigenvalue weighted by Crippen LogP contribution is -2.30. The van der Waals surface area contributed by atoms with Gasteiger partial charge in [0.25, 0.3) is 5.91 Å². The van der Waals surface area contributed by atoms with Crippen LogP contribution in [0, 0.1) is 13.8 Å². The van der Waals surface area contributed by atoms with E-state index >= 15 is 0 Å². The standard InChI is InChI=1S/C20H23NO5/c1-13-6-5-7-14(2)19(13)21-18(22)12-25-20(23)15(3)26-17-10-8-16(24-4)9-11-17/h5-11,15H,12H2,1-4H3,(H,21,22). The first-order valence-corrected chi connectivity index (χ1v) is 8.24. The minimum absolute atomic E-state index is 0.372. The summed E-state index contributed by atoms with van der Waals surface area (Å²) >= 11 is 0. The zero-order valence-electron chi connectivity index (χ0n) is 15.4. The normalized spacial score (nSPS) is 11.4. The molecule has 2 aromatic carbocycles. The van der Waals surface area contributed by atoms with Crippen molar-refractivity contribution in [3.8, 4) is 11.5 Å². The predicted molar refractivity (Wildman–Crippen MR) is 98.6 cm³/mol. The number of methoxy groups -OCH3 is 1. The minimum Gasteiger partial charge on any atom is -0.497 e. The summed E-state index contributed by atoms with van der Waals surface area (Å²) in [5, 5.41) is 2.76. The number of para-hydroxylation sites is 1. The fourth-order valence-corrected chi connectivity index (χ4v) is 2.35. The van der Waals surface area contributed by atoms with Gasteiger partial charge in [0.1, 0.15) is 11.5 Å². The molecule has 0 saturated carbocycles. The summed E-state index contributed by atoms with van der Waals surface area (Å²) < 4.78 is 15.6. The van der Waals surface area contributed by atoms with Crippen molar-refractivity contribution in [1.82, 2.24) is 0 Å². The highest BCUT2D eigenvalue weighted by atomic mass is 16.6. The number of nitrogens with one attached hydrogen (secondary N) is 1. The second kappa shape index (κ2) is 8.89. The number of amides is 1. The van der Waals surface area contributed by atoms with Crippen molar-refractivity contribution in [1.29, 1.82) is 0 Å². The Morgan fingerprint density at radius 1 is 1.00 bits per heavy atom. The van der Waals surface area contributed by atoms with E-state index in [2.05, 4.69) is 5.32 Å². The minimum atomic E-state index is -0.837. The quantitative estimate of drug-likeness (QED) is 0.770. The zero-order valence-corrected chi connectivity index (χ0v) is 15.4. The number of anilines is 1. The molecule has 6 nitrogen and oxygen atoms in total. The van der Waals surface area contributed by atoms with E-state index < -0.39 is 18.0 Å². The van der Waals surface area contributed by atoms with Crippen LogP contribution < -0.4 is 14.8 Å². The lowest BCUT2D eigenvalue weighted by molar-refractivity contribution is -0.153. The highest BCUT2D eigenvalue weighted by molar-refractivity contribution is 5.94. The molecule has 0 radical (unpaired) electrons. The van der Waals surface area contributed by atoms with Gasteiger partial charge in [0.15, 0.2) is 12.7 Å². The van der Waals surface area contributed by atoms with Gasteiger partial charge in [-0.2, -0.15) is 0 Å². The summed E-state index contributed by atoms with van der Waals surface area (Å²) in [5.41, 5.74) is 2.62. The van der Waals surface area contributed by atoms with Crippen molar-refractivity contribution in [2.24, 2.45) is 0 Å². The molecule has 0 saturated heterocycles. The van der Waals surface area contributed by atoms with Gasteiger partial charge < -0.3 is 19.5 Å². The Hall–Kier alpha value is -3.02. The molecule has 1 amide bonds. The molecule has 0 bridgehead atoms. The number of carbonyl (C=O) groups excluding carboxylic acids is 2. The fraction of sp³-hybridized carbons (Fsp3) is 0.300. The van der Waals surface area contributed by atoms with Crippen LogP contribution in [0.1, 0.15) is 18.1 Å². The number of carbonyl (C=O) groups is 2. The third kappa shape index (κ3) is 5.24. The summed E-state index contributed by atoms with van der Waals surface area (Å²) in [7, 11) is 1.57. The summed E-state index contributed by atoms with van der Waals surface area (Å²) in [6.07, 6.45) is -0.837. The monoisotopic (exact) mass is 357 g/mol. The van der Waals surface area contributed by atoms with Crippen LogP contribution in [0.4, 0.5) is 5.69 Å². The summed E-state index contributed by atoms with van der Waals surface area (Å²) in [4.78, 5) is 24.0. The molecule has 2 rings (SSSR count). The van der Waals surface area contributed by atoms with Gasteiger partial charge >= 0.3 is 5.97 Å². The molecule has 0 aliphatic rings. The van der Waals surface area contributed by atoms with Gasteiger partial charge in [-0.25, -0.2) is 4.79 Å². The lowest BCUT2D eigenvalue weighted by Gasteiger charge is -2.15. The van der Waals surface area contributed by atoms with Crippen LogP contribution in [0.15, 0.2) is 42.5 Å². The second-order valence-electron chi connectivity index (χ2n) is 5.86. The smallest absolute Gasteiger partial charge is 0.347 e. The Morgan fingerprint density at radius 2 is 1.58 bits per heavy atom. The molecule has 0 fully saturated rings. The molecule has 0 spiro atoms. The van der Waals surface area contributed by atoms with Crippen molar-refractivity contribution in [2.75, 3.05) is 19.0 Å². The average molecular weight is 357 g/mol. The van der Waals surface area contributed by atoms with E-state index in [4.69, 9.17) is 14.2 Å². The van der Waals surface area contributed by atoms with E-state index in [-0.39, 0.29) is 6.61 Å². The maximum Gasteiger partial charge on any atom is 0.347 e. The van der Waals surface area contributed by atoms with Crippen molar-refractivity contribution in [3.05, 3.63) is 53.6 Å². The third-order valence-electron chi connectivity index (χ3n) is 3.80. The van der Waals surface area contributed by atoms with Gasteiger partial charge in [-0.05, 0) is 56.2 Å². The SMILES string of the molecule is COc1ccc(OC(C)C(=O)OCC(=O)Nc2c(C)cccc2C)cc1. The van der Waals surface area contributed by atoms with Gasteiger partial charge in [0.2, 0.25) is 0 Å². The highest BCUT2D eigenvalue weighted by Gasteiger charge is 2.18. The Morgan fingerprint density at radius 3 is 2.15 bits per heavy atom. The Balaban J connectivity index is 1.83. The van der Waals surface area contributed by atoms with Crippen LogP contribution in [0.5, 0.6) is 11.5 Å². The summed E-state index contributed by atoms with van der Waals surface area (Å²) in [5.74, 6) is 0.191. The number of rotatable bonds is 7. The molecule has 26 heavy (non-hydrogen) atoms.